The number of carbonyl (C=O) groups excluding carboxylic acids is 1. The summed E-state index contributed by atoms with van der Waals surface area (Å²) in [6.07, 6.45) is 3.95. The van der Waals surface area contributed by atoms with E-state index < -0.39 is 0 Å². The smallest absolute Gasteiger partial charge is 0.261 e. The molecule has 0 unspecified atom stereocenters. The van der Waals surface area contributed by atoms with Gasteiger partial charge in [0.05, 0.1) is 24.5 Å². The van der Waals surface area contributed by atoms with Crippen LogP contribution in [0.1, 0.15) is 20.8 Å². The van der Waals surface area contributed by atoms with Crippen molar-refractivity contribution in [1.29, 1.82) is 0 Å². The molecule has 0 radical (unpaired) electrons. The molecule has 3 rings (SSSR count). The van der Waals surface area contributed by atoms with E-state index in [0.717, 1.165) is 33.6 Å². The lowest BCUT2D eigenvalue weighted by atomic mass is 10.1. The van der Waals surface area contributed by atoms with Gasteiger partial charge in [0.25, 0.3) is 5.91 Å². The van der Waals surface area contributed by atoms with Crippen molar-refractivity contribution in [2.45, 2.75) is 13.3 Å². The Morgan fingerprint density at radius 3 is 2.76 bits per heavy atom. The van der Waals surface area contributed by atoms with Gasteiger partial charge < -0.3 is 20.1 Å². The first-order chi connectivity index (χ1) is 14.1. The molecule has 1 amide bonds. The second-order valence-electron chi connectivity index (χ2n) is 6.32. The van der Waals surface area contributed by atoms with Gasteiger partial charge in [-0.1, -0.05) is 12.1 Å². The fourth-order valence-electron chi connectivity index (χ4n) is 3.03. The van der Waals surface area contributed by atoms with E-state index in [-0.39, 0.29) is 5.91 Å². The first kappa shape index (κ1) is 20.6. The van der Waals surface area contributed by atoms with Gasteiger partial charge in [-0.25, -0.2) is 9.97 Å². The number of thiophene rings is 1. The van der Waals surface area contributed by atoms with Gasteiger partial charge in [-0.3, -0.25) is 4.79 Å². The summed E-state index contributed by atoms with van der Waals surface area (Å²) in [5.41, 5.74) is 1.99. The molecule has 0 aliphatic rings. The number of aryl methyl sites for hydroxylation is 1. The molecule has 2 aromatic heterocycles. The number of hydrogen-bond acceptors (Lipinski definition) is 7. The lowest BCUT2D eigenvalue weighted by Gasteiger charge is -2.11. The van der Waals surface area contributed by atoms with E-state index in [1.54, 1.807) is 20.3 Å². The van der Waals surface area contributed by atoms with E-state index in [1.807, 2.05) is 25.1 Å². The second-order valence-corrected chi connectivity index (χ2v) is 7.32. The Hall–Kier alpha value is -3.13. The van der Waals surface area contributed by atoms with Gasteiger partial charge >= 0.3 is 0 Å². The zero-order valence-corrected chi connectivity index (χ0v) is 17.6. The summed E-state index contributed by atoms with van der Waals surface area (Å²) >= 11 is 1.37. The first-order valence-corrected chi connectivity index (χ1v) is 9.98. The average Bonchev–Trinajstić information content (AvgIpc) is 3.09. The SMILES string of the molecule is C=CCNC(=O)c1sc2ncnc(NCCc3ccc(OC)c(OC)c3)c2c1C. The summed E-state index contributed by atoms with van der Waals surface area (Å²) in [7, 11) is 3.24. The third kappa shape index (κ3) is 4.48. The molecule has 0 fully saturated rings. The number of nitrogens with zero attached hydrogens (tertiary/aromatic N) is 2. The minimum atomic E-state index is -0.123. The van der Waals surface area contributed by atoms with Crippen LogP contribution in [0.25, 0.3) is 10.2 Å². The lowest BCUT2D eigenvalue weighted by Crippen LogP contribution is -2.22. The minimum Gasteiger partial charge on any atom is -0.493 e. The molecule has 7 nitrogen and oxygen atoms in total. The Morgan fingerprint density at radius 1 is 1.24 bits per heavy atom. The number of ether oxygens (including phenoxy) is 2. The van der Waals surface area contributed by atoms with E-state index >= 15 is 0 Å². The number of aromatic nitrogens is 2. The lowest BCUT2D eigenvalue weighted by molar-refractivity contribution is 0.0961. The van der Waals surface area contributed by atoms with E-state index in [9.17, 15) is 4.79 Å². The zero-order chi connectivity index (χ0) is 20.8. The van der Waals surface area contributed by atoms with Crippen LogP contribution in [0.15, 0.2) is 37.2 Å². The van der Waals surface area contributed by atoms with Crippen molar-refractivity contribution < 1.29 is 14.3 Å². The van der Waals surface area contributed by atoms with Crippen molar-refractivity contribution in [2.24, 2.45) is 0 Å². The normalized spacial score (nSPS) is 10.6. The number of anilines is 1. The quantitative estimate of drug-likeness (QED) is 0.523. The van der Waals surface area contributed by atoms with Crippen molar-refractivity contribution in [3.05, 3.63) is 53.2 Å². The van der Waals surface area contributed by atoms with Crippen LogP contribution in [-0.4, -0.2) is 43.2 Å². The van der Waals surface area contributed by atoms with Gasteiger partial charge in [-0.05, 0) is 36.6 Å². The van der Waals surface area contributed by atoms with E-state index in [0.29, 0.717) is 29.5 Å². The van der Waals surface area contributed by atoms with Crippen molar-refractivity contribution in [1.82, 2.24) is 15.3 Å². The van der Waals surface area contributed by atoms with Crippen molar-refractivity contribution >= 4 is 33.3 Å². The van der Waals surface area contributed by atoms with Crippen molar-refractivity contribution in [3.63, 3.8) is 0 Å². The monoisotopic (exact) mass is 412 g/mol. The fourth-order valence-corrected chi connectivity index (χ4v) is 4.09. The summed E-state index contributed by atoms with van der Waals surface area (Å²) in [6, 6.07) is 5.87. The van der Waals surface area contributed by atoms with Gasteiger partial charge in [-0.2, -0.15) is 0 Å². The van der Waals surface area contributed by atoms with Gasteiger partial charge in [0.1, 0.15) is 17.0 Å². The maximum absolute atomic E-state index is 12.4. The number of fused-ring (bicyclic) bond motifs is 1. The molecule has 0 bridgehead atoms. The maximum Gasteiger partial charge on any atom is 0.261 e. The number of amides is 1. The Bertz CT molecular complexity index is 1030. The first-order valence-electron chi connectivity index (χ1n) is 9.17. The Morgan fingerprint density at radius 2 is 2.03 bits per heavy atom. The van der Waals surface area contributed by atoms with Crippen LogP contribution in [0.4, 0.5) is 5.82 Å². The molecular weight excluding hydrogens is 388 g/mol. The molecule has 0 saturated carbocycles. The Balaban J connectivity index is 1.76. The standard InChI is InChI=1S/C21H24N4O3S/c1-5-9-23-20(26)18-13(2)17-19(24-12-25-21(17)29-18)22-10-8-14-6-7-15(27-3)16(11-14)28-4/h5-7,11-12H,1,8-10H2,2-4H3,(H,23,26)(H,22,24,25). The highest BCUT2D eigenvalue weighted by Crippen LogP contribution is 2.33. The van der Waals surface area contributed by atoms with Crippen LogP contribution in [-0.2, 0) is 6.42 Å². The summed E-state index contributed by atoms with van der Waals surface area (Å²) in [5, 5.41) is 7.07. The number of nitrogens with one attached hydrogen (secondary N) is 2. The zero-order valence-electron chi connectivity index (χ0n) is 16.7. The second kappa shape index (κ2) is 9.38. The molecule has 29 heavy (non-hydrogen) atoms. The molecule has 0 saturated heterocycles. The topological polar surface area (TPSA) is 85.4 Å². The van der Waals surface area contributed by atoms with Gasteiger partial charge in [0, 0.05) is 13.1 Å². The highest BCUT2D eigenvalue weighted by Gasteiger charge is 2.18. The number of hydrogen-bond donors (Lipinski definition) is 2. The highest BCUT2D eigenvalue weighted by molar-refractivity contribution is 7.20. The fraction of sp³-hybridized carbons (Fsp3) is 0.286. The number of rotatable bonds is 9. The summed E-state index contributed by atoms with van der Waals surface area (Å²) in [5.74, 6) is 2.02. The molecule has 0 spiro atoms. The molecule has 3 aromatic rings. The van der Waals surface area contributed by atoms with E-state index in [4.69, 9.17) is 9.47 Å². The van der Waals surface area contributed by atoms with E-state index in [2.05, 4.69) is 27.2 Å². The molecule has 0 aliphatic heterocycles. The van der Waals surface area contributed by atoms with Gasteiger partial charge in [0.2, 0.25) is 0 Å². The Labute approximate surface area is 173 Å². The number of carbonyl (C=O) groups is 1. The van der Waals surface area contributed by atoms with Crippen LogP contribution >= 0.6 is 11.3 Å². The van der Waals surface area contributed by atoms with E-state index in [1.165, 1.54) is 17.7 Å². The molecule has 0 atom stereocenters. The van der Waals surface area contributed by atoms with Crippen LogP contribution in [0.3, 0.4) is 0 Å². The molecule has 1 aromatic carbocycles. The molecule has 2 N–H and O–H groups in total. The molecule has 2 heterocycles. The summed E-state index contributed by atoms with van der Waals surface area (Å²) in [4.78, 5) is 22.5. The maximum atomic E-state index is 12.4. The highest BCUT2D eigenvalue weighted by atomic mass is 32.1. The third-order valence-corrected chi connectivity index (χ3v) is 5.69. The Kier molecular flexibility index (Phi) is 6.66. The largest absolute Gasteiger partial charge is 0.493 e. The predicted molar refractivity (Wildman–Crippen MR) is 116 cm³/mol. The molecule has 0 aliphatic carbocycles. The van der Waals surface area contributed by atoms with Crippen molar-refractivity contribution in [2.75, 3.05) is 32.6 Å². The molecular formula is C21H24N4O3S. The van der Waals surface area contributed by atoms with Crippen LogP contribution in [0.2, 0.25) is 0 Å². The minimum absolute atomic E-state index is 0.123. The average molecular weight is 413 g/mol. The predicted octanol–water partition coefficient (Wildman–Crippen LogP) is 3.59. The molecule has 152 valence electrons. The number of benzene rings is 1. The third-order valence-electron chi connectivity index (χ3n) is 4.49. The van der Waals surface area contributed by atoms with Crippen LogP contribution in [0, 0.1) is 6.92 Å². The van der Waals surface area contributed by atoms with Crippen LogP contribution < -0.4 is 20.1 Å². The number of methoxy groups -OCH3 is 2. The van der Waals surface area contributed by atoms with Crippen LogP contribution in [0.5, 0.6) is 11.5 Å². The molecule has 8 heteroatoms. The van der Waals surface area contributed by atoms with Gasteiger partial charge in [-0.15, -0.1) is 17.9 Å². The summed E-state index contributed by atoms with van der Waals surface area (Å²) < 4.78 is 10.6. The van der Waals surface area contributed by atoms with Gasteiger partial charge in [0.15, 0.2) is 11.5 Å². The summed E-state index contributed by atoms with van der Waals surface area (Å²) in [6.45, 7) is 6.65. The van der Waals surface area contributed by atoms with Crippen molar-refractivity contribution in [3.8, 4) is 11.5 Å².